The monoisotopic (exact) mass is 564 g/mol. The number of aliphatic hydroxyl groups is 1. The molecule has 9 nitrogen and oxygen atoms in total. The van der Waals surface area contributed by atoms with Gasteiger partial charge in [-0.05, 0) is 68.1 Å². The van der Waals surface area contributed by atoms with Crippen LogP contribution in [0.25, 0.3) is 5.76 Å². The summed E-state index contributed by atoms with van der Waals surface area (Å²) < 4.78 is 23.1. The van der Waals surface area contributed by atoms with Crippen LogP contribution in [-0.2, 0) is 20.7 Å². The van der Waals surface area contributed by atoms with Crippen molar-refractivity contribution in [3.63, 3.8) is 0 Å². The topological polar surface area (TPSA) is 97.8 Å². The van der Waals surface area contributed by atoms with E-state index in [1.807, 2.05) is 51.1 Å². The molecule has 3 aliphatic heterocycles. The normalized spacial score (nSPS) is 22.1. The number of benzene rings is 2. The van der Waals surface area contributed by atoms with E-state index in [0.717, 1.165) is 37.4 Å². The third-order valence-corrected chi connectivity index (χ3v) is 7.73. The second-order valence-electron chi connectivity index (χ2n) is 10.7. The number of ether oxygens (including phenoxy) is 4. The summed E-state index contributed by atoms with van der Waals surface area (Å²) in [5.74, 6) is 0.443. The molecule has 0 spiro atoms. The average molecular weight is 565 g/mol. The van der Waals surface area contributed by atoms with Crippen LogP contribution < -0.4 is 14.2 Å². The highest BCUT2D eigenvalue weighted by Crippen LogP contribution is 2.43. The Balaban J connectivity index is 1.52. The number of hydrogen-bond acceptors (Lipinski definition) is 8. The molecule has 0 aromatic heterocycles. The number of carbonyl (C=O) groups excluding carboxylic acids is 2. The van der Waals surface area contributed by atoms with Crippen LogP contribution in [-0.4, -0.2) is 85.3 Å². The number of nitrogens with zero attached hydrogens (tertiary/aromatic N) is 2. The molecule has 5 rings (SSSR count). The van der Waals surface area contributed by atoms with E-state index >= 15 is 0 Å². The summed E-state index contributed by atoms with van der Waals surface area (Å²) in [6, 6.07) is 10.1. The maximum Gasteiger partial charge on any atom is 0.295 e. The maximum atomic E-state index is 13.6. The van der Waals surface area contributed by atoms with Gasteiger partial charge in [-0.1, -0.05) is 13.0 Å². The van der Waals surface area contributed by atoms with Gasteiger partial charge in [-0.2, -0.15) is 0 Å². The fourth-order valence-electron chi connectivity index (χ4n) is 5.77. The number of carbonyl (C=O) groups is 2. The average Bonchev–Trinajstić information content (AvgIpc) is 3.48. The van der Waals surface area contributed by atoms with Gasteiger partial charge in [0.15, 0.2) is 11.5 Å². The van der Waals surface area contributed by atoms with Gasteiger partial charge in [0.05, 0.1) is 38.0 Å². The molecule has 41 heavy (non-hydrogen) atoms. The van der Waals surface area contributed by atoms with Crippen molar-refractivity contribution in [2.45, 2.75) is 52.2 Å². The molecule has 2 aromatic rings. The number of likely N-dealkylation sites (tertiary alicyclic amines) is 1. The Morgan fingerprint density at radius 1 is 1.02 bits per heavy atom. The first kappa shape index (κ1) is 29.0. The minimum absolute atomic E-state index is 0.0462. The molecule has 220 valence electrons. The van der Waals surface area contributed by atoms with E-state index < -0.39 is 17.7 Å². The maximum absolute atomic E-state index is 13.6. The molecule has 0 aliphatic carbocycles. The van der Waals surface area contributed by atoms with Crippen molar-refractivity contribution in [1.29, 1.82) is 0 Å². The van der Waals surface area contributed by atoms with Gasteiger partial charge in [0.2, 0.25) is 0 Å². The van der Waals surface area contributed by atoms with Crippen LogP contribution in [0.2, 0.25) is 0 Å². The number of fused-ring (bicyclic) bond motifs is 1. The van der Waals surface area contributed by atoms with E-state index in [0.29, 0.717) is 68.4 Å². The lowest BCUT2D eigenvalue weighted by molar-refractivity contribution is -0.140. The first-order valence-electron chi connectivity index (χ1n) is 14.7. The molecular formula is C32H40N2O7. The number of ketones is 1. The van der Waals surface area contributed by atoms with Crippen molar-refractivity contribution in [1.82, 2.24) is 9.80 Å². The standard InChI is InChI=1S/C32H40N2O7/c1-4-15-40-26-10-7-22(20-27(26)39-5-2)29-28(30(35)23-8-9-25-24(19-23)18-21(3)41-25)31(36)32(37)34(29)12-6-11-33-13-16-38-17-14-33/h7-10,19-21,29,35H,4-6,11-18H2,1-3H3/t21-,29+/m1/s1. The number of aliphatic hydroxyl groups excluding tert-OH is 1. The Hall–Kier alpha value is -3.56. The third-order valence-electron chi connectivity index (χ3n) is 7.73. The highest BCUT2D eigenvalue weighted by Gasteiger charge is 2.46. The van der Waals surface area contributed by atoms with E-state index in [4.69, 9.17) is 18.9 Å². The Labute approximate surface area is 241 Å². The molecule has 0 radical (unpaired) electrons. The zero-order chi connectivity index (χ0) is 28.9. The number of amides is 1. The van der Waals surface area contributed by atoms with Crippen LogP contribution in [0.3, 0.4) is 0 Å². The Kier molecular flexibility index (Phi) is 9.15. The number of Topliss-reactive ketones (excluding diaryl/α,β-unsaturated/α-hetero) is 1. The molecule has 3 heterocycles. The molecule has 2 fully saturated rings. The first-order chi connectivity index (χ1) is 19.9. The van der Waals surface area contributed by atoms with Crippen molar-refractivity contribution in [2.24, 2.45) is 0 Å². The van der Waals surface area contributed by atoms with Crippen molar-refractivity contribution >= 4 is 17.4 Å². The van der Waals surface area contributed by atoms with Gasteiger partial charge in [0, 0.05) is 38.2 Å². The summed E-state index contributed by atoms with van der Waals surface area (Å²) in [5, 5.41) is 11.6. The summed E-state index contributed by atoms with van der Waals surface area (Å²) in [6.07, 6.45) is 2.30. The van der Waals surface area contributed by atoms with Gasteiger partial charge in [-0.3, -0.25) is 14.5 Å². The molecule has 2 aromatic carbocycles. The quantitative estimate of drug-likeness (QED) is 0.245. The van der Waals surface area contributed by atoms with E-state index in [1.54, 1.807) is 11.0 Å². The smallest absolute Gasteiger partial charge is 0.295 e. The molecule has 0 saturated carbocycles. The summed E-state index contributed by atoms with van der Waals surface area (Å²) >= 11 is 0. The van der Waals surface area contributed by atoms with E-state index in [-0.39, 0.29) is 17.4 Å². The fraction of sp³-hybridized carbons (Fsp3) is 0.500. The lowest BCUT2D eigenvalue weighted by Crippen LogP contribution is -2.39. The summed E-state index contributed by atoms with van der Waals surface area (Å²) in [5.41, 5.74) is 2.22. The second kappa shape index (κ2) is 13.0. The van der Waals surface area contributed by atoms with Crippen LogP contribution in [0.1, 0.15) is 56.3 Å². The molecule has 9 heteroatoms. The van der Waals surface area contributed by atoms with Gasteiger partial charge in [0.25, 0.3) is 11.7 Å². The van der Waals surface area contributed by atoms with Crippen LogP contribution >= 0.6 is 0 Å². The third kappa shape index (κ3) is 6.21. The molecule has 3 aliphatic rings. The van der Waals surface area contributed by atoms with Crippen LogP contribution in [0, 0.1) is 0 Å². The summed E-state index contributed by atoms with van der Waals surface area (Å²) in [6.45, 7) is 11.1. The number of morpholine rings is 1. The van der Waals surface area contributed by atoms with Crippen LogP contribution in [0.4, 0.5) is 0 Å². The predicted molar refractivity (Wildman–Crippen MR) is 155 cm³/mol. The van der Waals surface area contributed by atoms with Crippen molar-refractivity contribution < 1.29 is 33.6 Å². The SMILES string of the molecule is CCCOc1ccc([C@H]2C(=C(O)c3ccc4c(c3)C[C@@H](C)O4)C(=O)C(=O)N2CCCN2CCOCC2)cc1OCC. The highest BCUT2D eigenvalue weighted by molar-refractivity contribution is 6.46. The fourth-order valence-corrected chi connectivity index (χ4v) is 5.77. The van der Waals surface area contributed by atoms with Crippen LogP contribution in [0.5, 0.6) is 17.2 Å². The minimum Gasteiger partial charge on any atom is -0.507 e. The highest BCUT2D eigenvalue weighted by atomic mass is 16.5. The van der Waals surface area contributed by atoms with Gasteiger partial charge in [0.1, 0.15) is 17.6 Å². The van der Waals surface area contributed by atoms with Crippen molar-refractivity contribution in [3.8, 4) is 17.2 Å². The molecule has 1 N–H and O–H groups in total. The van der Waals surface area contributed by atoms with Gasteiger partial charge in [-0.15, -0.1) is 0 Å². The lowest BCUT2D eigenvalue weighted by Gasteiger charge is -2.29. The summed E-state index contributed by atoms with van der Waals surface area (Å²) in [4.78, 5) is 30.9. The Morgan fingerprint density at radius 3 is 2.59 bits per heavy atom. The van der Waals surface area contributed by atoms with E-state index in [1.165, 1.54) is 0 Å². The molecule has 2 saturated heterocycles. The second-order valence-corrected chi connectivity index (χ2v) is 10.7. The summed E-state index contributed by atoms with van der Waals surface area (Å²) in [7, 11) is 0. The number of hydrogen-bond donors (Lipinski definition) is 1. The molecule has 0 bridgehead atoms. The molecular weight excluding hydrogens is 524 g/mol. The minimum atomic E-state index is -0.762. The Bertz CT molecular complexity index is 1300. The van der Waals surface area contributed by atoms with E-state index in [2.05, 4.69) is 4.90 Å². The van der Waals surface area contributed by atoms with Gasteiger partial charge < -0.3 is 29.0 Å². The zero-order valence-corrected chi connectivity index (χ0v) is 24.2. The van der Waals surface area contributed by atoms with Gasteiger partial charge in [-0.25, -0.2) is 0 Å². The van der Waals surface area contributed by atoms with Crippen molar-refractivity contribution in [3.05, 3.63) is 58.7 Å². The molecule has 1 amide bonds. The van der Waals surface area contributed by atoms with Crippen LogP contribution in [0.15, 0.2) is 42.0 Å². The lowest BCUT2D eigenvalue weighted by atomic mass is 9.94. The van der Waals surface area contributed by atoms with E-state index in [9.17, 15) is 14.7 Å². The Morgan fingerprint density at radius 2 is 1.83 bits per heavy atom. The molecule has 0 unspecified atom stereocenters. The first-order valence-corrected chi connectivity index (χ1v) is 14.7. The molecule has 2 atom stereocenters. The number of rotatable bonds is 11. The largest absolute Gasteiger partial charge is 0.507 e. The van der Waals surface area contributed by atoms with Crippen molar-refractivity contribution in [2.75, 3.05) is 52.6 Å². The predicted octanol–water partition coefficient (Wildman–Crippen LogP) is 4.34. The zero-order valence-electron chi connectivity index (χ0n) is 24.2. The van der Waals surface area contributed by atoms with Gasteiger partial charge >= 0.3 is 0 Å².